The molecule has 0 bridgehead atoms. The van der Waals surface area contributed by atoms with E-state index >= 15 is 0 Å². The first-order valence-corrected chi connectivity index (χ1v) is 8.97. The van der Waals surface area contributed by atoms with E-state index in [1.165, 1.54) is 12.1 Å². The fraction of sp³-hybridized carbons (Fsp3) is 0.118. The average Bonchev–Trinajstić information content (AvgIpc) is 2.85. The Morgan fingerprint density at radius 1 is 1.20 bits per heavy atom. The number of nitrogens with one attached hydrogen (secondary N) is 1. The van der Waals surface area contributed by atoms with Crippen LogP contribution in [0.4, 0.5) is 10.5 Å². The Morgan fingerprint density at radius 2 is 1.92 bits per heavy atom. The lowest BCUT2D eigenvalue weighted by Gasteiger charge is -2.15. The highest BCUT2D eigenvalue weighted by atomic mass is 79.9. The van der Waals surface area contributed by atoms with Crippen molar-refractivity contribution in [2.75, 3.05) is 5.32 Å². The molecule has 1 atom stereocenters. The first kappa shape index (κ1) is 17.5. The molecule has 8 heteroatoms. The van der Waals surface area contributed by atoms with Gasteiger partial charge in [0.05, 0.1) is 12.1 Å². The van der Waals surface area contributed by atoms with Crippen LogP contribution >= 0.6 is 27.7 Å². The maximum Gasteiger partial charge on any atom is 0.335 e. The second-order valence-corrected chi connectivity index (χ2v) is 7.32. The van der Waals surface area contributed by atoms with E-state index in [9.17, 15) is 14.4 Å². The van der Waals surface area contributed by atoms with Gasteiger partial charge in [-0.25, -0.2) is 4.79 Å². The predicted molar refractivity (Wildman–Crippen MR) is 98.5 cm³/mol. The summed E-state index contributed by atoms with van der Waals surface area (Å²) in [7, 11) is 0. The molecule has 2 aromatic carbocycles. The third-order valence-electron chi connectivity index (χ3n) is 3.59. The Hall–Kier alpha value is -2.32. The number of aromatic carboxylic acids is 1. The highest BCUT2D eigenvalue weighted by Gasteiger charge is 2.39. The monoisotopic (exact) mass is 420 g/mol. The summed E-state index contributed by atoms with van der Waals surface area (Å²) in [5.74, 6) is -1.40. The number of amides is 2. The lowest BCUT2D eigenvalue weighted by Crippen LogP contribution is -2.33. The van der Waals surface area contributed by atoms with Gasteiger partial charge >= 0.3 is 5.97 Å². The zero-order valence-electron chi connectivity index (χ0n) is 12.8. The van der Waals surface area contributed by atoms with Crippen LogP contribution < -0.4 is 5.32 Å². The van der Waals surface area contributed by atoms with Crippen LogP contribution in [0, 0.1) is 0 Å². The number of imide groups is 1. The zero-order chi connectivity index (χ0) is 18.0. The molecule has 128 valence electrons. The molecule has 0 saturated carbocycles. The Bertz CT molecular complexity index is 841. The Kier molecular flexibility index (Phi) is 5.10. The molecule has 0 spiro atoms. The third kappa shape index (κ3) is 4.02. The van der Waals surface area contributed by atoms with Crippen molar-refractivity contribution in [3.63, 3.8) is 0 Å². The normalized spacial score (nSPS) is 17.0. The van der Waals surface area contributed by atoms with Crippen molar-refractivity contribution in [2.24, 2.45) is 0 Å². The van der Waals surface area contributed by atoms with E-state index in [0.29, 0.717) is 5.56 Å². The molecule has 0 aliphatic carbocycles. The molecule has 0 radical (unpaired) electrons. The summed E-state index contributed by atoms with van der Waals surface area (Å²) in [4.78, 5) is 36.8. The summed E-state index contributed by atoms with van der Waals surface area (Å²) in [5, 5.41) is 11.0. The minimum absolute atomic E-state index is 0.0459. The van der Waals surface area contributed by atoms with Crippen LogP contribution in [-0.2, 0) is 11.3 Å². The molecule has 1 saturated heterocycles. The van der Waals surface area contributed by atoms with Gasteiger partial charge in [0, 0.05) is 10.2 Å². The number of thioether (sulfide) groups is 1. The minimum atomic E-state index is -1.05. The fourth-order valence-electron chi connectivity index (χ4n) is 2.36. The summed E-state index contributed by atoms with van der Waals surface area (Å²) in [6.07, 6.45) is 0. The molecule has 1 heterocycles. The van der Waals surface area contributed by atoms with E-state index in [1.807, 2.05) is 12.1 Å². The molecular formula is C17H13BrN2O4S. The number of carboxylic acids is 1. The largest absolute Gasteiger partial charge is 0.478 e. The molecule has 3 rings (SSSR count). The van der Waals surface area contributed by atoms with E-state index in [4.69, 9.17) is 5.11 Å². The zero-order valence-corrected chi connectivity index (χ0v) is 15.2. The maximum absolute atomic E-state index is 12.5. The van der Waals surface area contributed by atoms with Crippen LogP contribution in [0.25, 0.3) is 0 Å². The lowest BCUT2D eigenvalue weighted by atomic mass is 10.1. The third-order valence-corrected chi connectivity index (χ3v) is 5.09. The number of carboxylic acid groups (broad SMARTS) is 1. The van der Waals surface area contributed by atoms with Crippen molar-refractivity contribution in [2.45, 2.75) is 11.9 Å². The molecule has 25 heavy (non-hydrogen) atoms. The van der Waals surface area contributed by atoms with Crippen LogP contribution in [0.3, 0.4) is 0 Å². The number of anilines is 1. The molecule has 1 unspecified atom stereocenters. The van der Waals surface area contributed by atoms with Crippen LogP contribution in [0.15, 0.2) is 53.0 Å². The van der Waals surface area contributed by atoms with E-state index in [2.05, 4.69) is 21.2 Å². The average molecular weight is 421 g/mol. The topological polar surface area (TPSA) is 86.7 Å². The highest BCUT2D eigenvalue weighted by molar-refractivity contribution is 9.10. The van der Waals surface area contributed by atoms with Crippen molar-refractivity contribution in [1.82, 2.24) is 4.90 Å². The lowest BCUT2D eigenvalue weighted by molar-refractivity contribution is -0.126. The SMILES string of the molecule is O=C(O)c1cccc(CN2C(=O)SC(Nc3ccc(Br)cc3)C2=O)c1. The van der Waals surface area contributed by atoms with Crippen molar-refractivity contribution < 1.29 is 19.5 Å². The number of carbonyl (C=O) groups excluding carboxylic acids is 2. The van der Waals surface area contributed by atoms with Gasteiger partial charge in [-0.3, -0.25) is 14.5 Å². The van der Waals surface area contributed by atoms with Crippen molar-refractivity contribution >= 4 is 50.5 Å². The number of hydrogen-bond donors (Lipinski definition) is 2. The summed E-state index contributed by atoms with van der Waals surface area (Å²) in [6, 6.07) is 13.5. The van der Waals surface area contributed by atoms with Crippen molar-refractivity contribution in [3.8, 4) is 0 Å². The number of nitrogens with zero attached hydrogens (tertiary/aromatic N) is 1. The van der Waals surface area contributed by atoms with Crippen LogP contribution in [0.1, 0.15) is 15.9 Å². The maximum atomic E-state index is 12.5. The van der Waals surface area contributed by atoms with E-state index in [-0.39, 0.29) is 23.3 Å². The van der Waals surface area contributed by atoms with Crippen LogP contribution in [0.5, 0.6) is 0 Å². The predicted octanol–water partition coefficient (Wildman–Crippen LogP) is 3.78. The fourth-order valence-corrected chi connectivity index (χ4v) is 3.53. The van der Waals surface area contributed by atoms with E-state index < -0.39 is 11.3 Å². The first-order valence-electron chi connectivity index (χ1n) is 7.30. The molecular weight excluding hydrogens is 408 g/mol. The summed E-state index contributed by atoms with van der Waals surface area (Å²) < 4.78 is 0.916. The summed E-state index contributed by atoms with van der Waals surface area (Å²) in [6.45, 7) is 0.0459. The molecule has 1 fully saturated rings. The molecule has 1 aliphatic rings. The molecule has 2 aromatic rings. The second-order valence-electron chi connectivity index (χ2n) is 5.34. The van der Waals surface area contributed by atoms with Gasteiger partial charge in [-0.1, -0.05) is 28.1 Å². The number of rotatable bonds is 5. The summed E-state index contributed by atoms with van der Waals surface area (Å²) in [5.41, 5.74) is 1.44. The van der Waals surface area contributed by atoms with Gasteiger partial charge in [0.2, 0.25) is 0 Å². The van der Waals surface area contributed by atoms with Gasteiger partial charge in [-0.2, -0.15) is 0 Å². The smallest absolute Gasteiger partial charge is 0.335 e. The van der Waals surface area contributed by atoms with Crippen LogP contribution in [-0.4, -0.2) is 32.5 Å². The van der Waals surface area contributed by atoms with Crippen LogP contribution in [0.2, 0.25) is 0 Å². The standard InChI is InChI=1S/C17H13BrN2O4S/c18-12-4-6-13(7-5-12)19-14-15(21)20(17(24)25-14)9-10-2-1-3-11(8-10)16(22)23/h1-8,14,19H,9H2,(H,22,23). The van der Waals surface area contributed by atoms with Gasteiger partial charge in [-0.05, 0) is 53.7 Å². The van der Waals surface area contributed by atoms with Gasteiger partial charge in [0.1, 0.15) is 0 Å². The number of halogens is 1. The summed E-state index contributed by atoms with van der Waals surface area (Å²) >= 11 is 4.25. The van der Waals surface area contributed by atoms with Gasteiger partial charge in [0.15, 0.2) is 5.37 Å². The first-order chi connectivity index (χ1) is 11.9. The number of benzene rings is 2. The highest BCUT2D eigenvalue weighted by Crippen LogP contribution is 2.30. The number of hydrogen-bond acceptors (Lipinski definition) is 5. The molecule has 2 N–H and O–H groups in total. The van der Waals surface area contributed by atoms with Crippen molar-refractivity contribution in [1.29, 1.82) is 0 Å². The quantitative estimate of drug-likeness (QED) is 0.764. The van der Waals surface area contributed by atoms with Gasteiger partial charge in [0.25, 0.3) is 11.1 Å². The molecule has 6 nitrogen and oxygen atoms in total. The molecule has 0 aromatic heterocycles. The van der Waals surface area contributed by atoms with Gasteiger partial charge < -0.3 is 10.4 Å². The number of carbonyl (C=O) groups is 3. The van der Waals surface area contributed by atoms with Gasteiger partial charge in [-0.15, -0.1) is 0 Å². The Labute approximate surface area is 156 Å². The Balaban J connectivity index is 1.72. The molecule has 2 amide bonds. The van der Waals surface area contributed by atoms with E-state index in [1.54, 1.807) is 24.3 Å². The van der Waals surface area contributed by atoms with E-state index in [0.717, 1.165) is 26.8 Å². The molecule has 1 aliphatic heterocycles. The minimum Gasteiger partial charge on any atom is -0.478 e. The second kappa shape index (κ2) is 7.28. The Morgan fingerprint density at radius 3 is 2.60 bits per heavy atom. The van der Waals surface area contributed by atoms with Crippen molar-refractivity contribution in [3.05, 3.63) is 64.1 Å².